The molecule has 5 nitrogen and oxygen atoms in total. The van der Waals surface area contributed by atoms with Crippen LogP contribution in [0.1, 0.15) is 5.56 Å². The van der Waals surface area contributed by atoms with Crippen LogP contribution in [0.3, 0.4) is 0 Å². The molecule has 3 N–H and O–H groups in total. The van der Waals surface area contributed by atoms with Crippen molar-refractivity contribution in [3.63, 3.8) is 0 Å². The van der Waals surface area contributed by atoms with E-state index in [0.717, 1.165) is 11.3 Å². The minimum atomic E-state index is 0.118. The number of nitrogen functional groups attached to an aromatic ring is 1. The number of amides is 1. The van der Waals surface area contributed by atoms with Crippen molar-refractivity contribution in [3.05, 3.63) is 29.8 Å². The third-order valence-corrected chi connectivity index (χ3v) is 3.01. The lowest BCUT2D eigenvalue weighted by molar-refractivity contribution is -0.134. The summed E-state index contributed by atoms with van der Waals surface area (Å²) in [7, 11) is 0. The van der Waals surface area contributed by atoms with Gasteiger partial charge in [0.25, 0.3) is 0 Å². The number of para-hydroxylation sites is 1. The maximum Gasteiger partial charge on any atom is 0.236 e. The number of rotatable bonds is 4. The van der Waals surface area contributed by atoms with E-state index < -0.39 is 0 Å². The lowest BCUT2D eigenvalue weighted by Crippen LogP contribution is -2.44. The first kappa shape index (κ1) is 12.9. The Labute approximate surface area is 107 Å². The number of anilines is 1. The number of ether oxygens (including phenoxy) is 1. The second-order valence-electron chi connectivity index (χ2n) is 4.30. The van der Waals surface area contributed by atoms with Crippen molar-refractivity contribution in [2.24, 2.45) is 0 Å². The number of morpholine rings is 1. The summed E-state index contributed by atoms with van der Waals surface area (Å²) in [4.78, 5) is 13.7. The minimum absolute atomic E-state index is 0.118. The van der Waals surface area contributed by atoms with Gasteiger partial charge < -0.3 is 20.7 Å². The Morgan fingerprint density at radius 2 is 2.06 bits per heavy atom. The summed E-state index contributed by atoms with van der Waals surface area (Å²) in [6.45, 7) is 3.60. The second kappa shape index (κ2) is 6.37. The van der Waals surface area contributed by atoms with E-state index in [0.29, 0.717) is 39.4 Å². The number of nitrogens with two attached hydrogens (primary N) is 1. The SMILES string of the molecule is Nc1ccccc1CNCC(=O)N1CCOCC1. The largest absolute Gasteiger partial charge is 0.398 e. The highest BCUT2D eigenvalue weighted by atomic mass is 16.5. The molecule has 0 spiro atoms. The maximum absolute atomic E-state index is 11.8. The molecule has 2 rings (SSSR count). The topological polar surface area (TPSA) is 67.6 Å². The summed E-state index contributed by atoms with van der Waals surface area (Å²) in [5.74, 6) is 0.118. The summed E-state index contributed by atoms with van der Waals surface area (Å²) in [6.07, 6.45) is 0. The van der Waals surface area contributed by atoms with Gasteiger partial charge in [0.05, 0.1) is 19.8 Å². The lowest BCUT2D eigenvalue weighted by atomic mass is 10.2. The molecular formula is C13H19N3O2. The normalized spacial score (nSPS) is 15.7. The Morgan fingerprint density at radius 1 is 1.33 bits per heavy atom. The van der Waals surface area contributed by atoms with Crippen LogP contribution in [-0.4, -0.2) is 43.7 Å². The molecule has 18 heavy (non-hydrogen) atoms. The van der Waals surface area contributed by atoms with E-state index in [1.807, 2.05) is 29.2 Å². The van der Waals surface area contributed by atoms with Gasteiger partial charge in [-0.2, -0.15) is 0 Å². The predicted octanol–water partition coefficient (Wildman–Crippen LogP) is 0.217. The third-order valence-electron chi connectivity index (χ3n) is 3.01. The van der Waals surface area contributed by atoms with Gasteiger partial charge in [0.2, 0.25) is 5.91 Å². The van der Waals surface area contributed by atoms with Crippen molar-refractivity contribution < 1.29 is 9.53 Å². The van der Waals surface area contributed by atoms with Crippen molar-refractivity contribution in [1.82, 2.24) is 10.2 Å². The zero-order chi connectivity index (χ0) is 12.8. The fourth-order valence-electron chi connectivity index (χ4n) is 1.92. The molecular weight excluding hydrogens is 230 g/mol. The Balaban J connectivity index is 1.75. The number of nitrogens with one attached hydrogen (secondary N) is 1. The summed E-state index contributed by atoms with van der Waals surface area (Å²) in [5, 5.41) is 3.13. The molecule has 0 aliphatic carbocycles. The van der Waals surface area contributed by atoms with E-state index in [2.05, 4.69) is 5.32 Å². The highest BCUT2D eigenvalue weighted by Crippen LogP contribution is 2.09. The van der Waals surface area contributed by atoms with Crippen LogP contribution in [0.2, 0.25) is 0 Å². The number of nitrogens with zero attached hydrogens (tertiary/aromatic N) is 1. The van der Waals surface area contributed by atoms with Gasteiger partial charge in [-0.15, -0.1) is 0 Å². The number of carbonyl (C=O) groups excluding carboxylic acids is 1. The van der Waals surface area contributed by atoms with Gasteiger partial charge in [-0.1, -0.05) is 18.2 Å². The zero-order valence-corrected chi connectivity index (χ0v) is 10.4. The summed E-state index contributed by atoms with van der Waals surface area (Å²) in [5.41, 5.74) is 7.60. The Kier molecular flexibility index (Phi) is 4.55. The Hall–Kier alpha value is -1.59. The first-order chi connectivity index (χ1) is 8.77. The Morgan fingerprint density at radius 3 is 2.78 bits per heavy atom. The highest BCUT2D eigenvalue weighted by Gasteiger charge is 2.15. The molecule has 1 aliphatic heterocycles. The van der Waals surface area contributed by atoms with Crippen LogP contribution < -0.4 is 11.1 Å². The quantitative estimate of drug-likeness (QED) is 0.749. The van der Waals surface area contributed by atoms with Gasteiger partial charge in [0, 0.05) is 25.3 Å². The van der Waals surface area contributed by atoms with Crippen LogP contribution in [0.25, 0.3) is 0 Å². The standard InChI is InChI=1S/C13H19N3O2/c14-12-4-2-1-3-11(12)9-15-10-13(17)16-5-7-18-8-6-16/h1-4,15H,5-10,14H2. The first-order valence-corrected chi connectivity index (χ1v) is 6.17. The number of hydrogen-bond acceptors (Lipinski definition) is 4. The average Bonchev–Trinajstić information content (AvgIpc) is 2.42. The van der Waals surface area contributed by atoms with Crippen LogP contribution in [0.4, 0.5) is 5.69 Å². The van der Waals surface area contributed by atoms with Crippen LogP contribution in [0.15, 0.2) is 24.3 Å². The smallest absolute Gasteiger partial charge is 0.236 e. The maximum atomic E-state index is 11.8. The van der Waals surface area contributed by atoms with Gasteiger partial charge in [-0.25, -0.2) is 0 Å². The van der Waals surface area contributed by atoms with Gasteiger partial charge in [-0.3, -0.25) is 4.79 Å². The summed E-state index contributed by atoms with van der Waals surface area (Å²) in [6, 6.07) is 7.66. The van der Waals surface area contributed by atoms with E-state index >= 15 is 0 Å². The number of hydrogen-bond donors (Lipinski definition) is 2. The third kappa shape index (κ3) is 3.45. The molecule has 1 saturated heterocycles. The van der Waals surface area contributed by atoms with E-state index in [1.165, 1.54) is 0 Å². The lowest BCUT2D eigenvalue weighted by Gasteiger charge is -2.26. The number of carbonyl (C=O) groups is 1. The average molecular weight is 249 g/mol. The molecule has 5 heteroatoms. The molecule has 0 aromatic heterocycles. The molecule has 0 atom stereocenters. The first-order valence-electron chi connectivity index (χ1n) is 6.17. The van der Waals surface area contributed by atoms with Crippen molar-refractivity contribution in [3.8, 4) is 0 Å². The monoisotopic (exact) mass is 249 g/mol. The van der Waals surface area contributed by atoms with Gasteiger partial charge in [0.15, 0.2) is 0 Å². The molecule has 0 radical (unpaired) electrons. The molecule has 0 bridgehead atoms. The highest BCUT2D eigenvalue weighted by molar-refractivity contribution is 5.78. The van der Waals surface area contributed by atoms with Gasteiger partial charge in [0.1, 0.15) is 0 Å². The van der Waals surface area contributed by atoms with Gasteiger partial charge >= 0.3 is 0 Å². The van der Waals surface area contributed by atoms with E-state index in [-0.39, 0.29) is 5.91 Å². The van der Waals surface area contributed by atoms with Gasteiger partial charge in [-0.05, 0) is 11.6 Å². The second-order valence-corrected chi connectivity index (χ2v) is 4.30. The molecule has 1 amide bonds. The minimum Gasteiger partial charge on any atom is -0.398 e. The van der Waals surface area contributed by atoms with Crippen molar-refractivity contribution in [1.29, 1.82) is 0 Å². The molecule has 98 valence electrons. The molecule has 1 aromatic rings. The zero-order valence-electron chi connectivity index (χ0n) is 10.4. The van der Waals surface area contributed by atoms with Crippen molar-refractivity contribution in [2.75, 3.05) is 38.6 Å². The van der Waals surface area contributed by atoms with Crippen LogP contribution in [0.5, 0.6) is 0 Å². The fourth-order valence-corrected chi connectivity index (χ4v) is 1.92. The van der Waals surface area contributed by atoms with Crippen LogP contribution in [-0.2, 0) is 16.1 Å². The molecule has 1 aliphatic rings. The molecule has 0 unspecified atom stereocenters. The van der Waals surface area contributed by atoms with Crippen LogP contribution in [0, 0.1) is 0 Å². The van der Waals surface area contributed by atoms with E-state index in [4.69, 9.17) is 10.5 Å². The molecule has 1 heterocycles. The predicted molar refractivity (Wildman–Crippen MR) is 70.0 cm³/mol. The van der Waals surface area contributed by atoms with Crippen LogP contribution >= 0.6 is 0 Å². The summed E-state index contributed by atoms with van der Waals surface area (Å²) >= 11 is 0. The summed E-state index contributed by atoms with van der Waals surface area (Å²) < 4.78 is 5.21. The Bertz CT molecular complexity index is 403. The van der Waals surface area contributed by atoms with Crippen molar-refractivity contribution >= 4 is 11.6 Å². The molecule has 0 saturated carbocycles. The molecule has 1 aromatic carbocycles. The van der Waals surface area contributed by atoms with E-state index in [1.54, 1.807) is 0 Å². The van der Waals surface area contributed by atoms with Crippen molar-refractivity contribution in [2.45, 2.75) is 6.54 Å². The van der Waals surface area contributed by atoms with E-state index in [9.17, 15) is 4.79 Å². The fraction of sp³-hybridized carbons (Fsp3) is 0.462. The number of benzene rings is 1. The molecule has 1 fully saturated rings.